The highest BCUT2D eigenvalue weighted by Gasteiger charge is 2.40. The van der Waals surface area contributed by atoms with Crippen LogP contribution >= 0.6 is 11.3 Å². The fourth-order valence-corrected chi connectivity index (χ4v) is 5.07. The molecule has 4 heterocycles. The van der Waals surface area contributed by atoms with Gasteiger partial charge in [0.1, 0.15) is 11.7 Å². The zero-order valence-corrected chi connectivity index (χ0v) is 17.8. The van der Waals surface area contributed by atoms with Crippen molar-refractivity contribution >= 4 is 34.7 Å². The first kappa shape index (κ1) is 19.6. The molecular weight excluding hydrogens is 412 g/mol. The molecule has 2 aromatic heterocycles. The summed E-state index contributed by atoms with van der Waals surface area (Å²) in [7, 11) is 1.82. The van der Waals surface area contributed by atoms with Gasteiger partial charge in [-0.1, -0.05) is 12.1 Å². The molecule has 0 bridgehead atoms. The molecule has 0 radical (unpaired) electrons. The van der Waals surface area contributed by atoms with Gasteiger partial charge in [0.25, 0.3) is 11.8 Å². The van der Waals surface area contributed by atoms with E-state index in [2.05, 4.69) is 10.6 Å². The molecule has 158 valence electrons. The average Bonchev–Trinajstić information content (AvgIpc) is 3.43. The smallest absolute Gasteiger partial charge is 0.268 e. The number of nitrogens with zero attached hydrogens (tertiary/aromatic N) is 2. The summed E-state index contributed by atoms with van der Waals surface area (Å²) in [5.74, 6) is -0.534. The first-order valence-electron chi connectivity index (χ1n) is 10.2. The van der Waals surface area contributed by atoms with Gasteiger partial charge in [-0.2, -0.15) is 0 Å². The van der Waals surface area contributed by atoms with Crippen molar-refractivity contribution in [1.82, 2.24) is 14.8 Å². The van der Waals surface area contributed by atoms with Gasteiger partial charge in [0.2, 0.25) is 5.91 Å². The normalized spacial score (nSPS) is 20.5. The van der Waals surface area contributed by atoms with E-state index in [4.69, 9.17) is 0 Å². The van der Waals surface area contributed by atoms with Gasteiger partial charge in [0.15, 0.2) is 0 Å². The number of piperidine rings is 1. The third-order valence-corrected chi connectivity index (χ3v) is 6.91. The van der Waals surface area contributed by atoms with E-state index in [0.717, 1.165) is 10.4 Å². The molecule has 2 N–H and O–H groups in total. The lowest BCUT2D eigenvalue weighted by atomic mass is 9.96. The van der Waals surface area contributed by atoms with Crippen LogP contribution in [0.3, 0.4) is 0 Å². The molecular formula is C23H22N4O3S. The molecule has 3 aromatic rings. The van der Waals surface area contributed by atoms with Gasteiger partial charge in [0.05, 0.1) is 11.3 Å². The Morgan fingerprint density at radius 1 is 1.19 bits per heavy atom. The fraction of sp³-hybridized carbons (Fsp3) is 0.261. The largest absolute Gasteiger partial charge is 0.348 e. The SMILES string of the molecule is Cn1cccc1C(=O)N[C@H]1CCN2C(=O)c3cc(-c4cccs4)ccc3NC(=O)[C@@H]2C1. The third-order valence-electron chi connectivity index (χ3n) is 5.99. The summed E-state index contributed by atoms with van der Waals surface area (Å²) in [4.78, 5) is 41.6. The number of aryl methyl sites for hydroxylation is 1. The van der Waals surface area contributed by atoms with Crippen LogP contribution in [0.4, 0.5) is 5.69 Å². The Kier molecular flexibility index (Phi) is 4.86. The monoisotopic (exact) mass is 434 g/mol. The van der Waals surface area contributed by atoms with E-state index in [1.165, 1.54) is 0 Å². The van der Waals surface area contributed by atoms with E-state index in [9.17, 15) is 14.4 Å². The Labute approximate surface area is 183 Å². The Morgan fingerprint density at radius 3 is 2.81 bits per heavy atom. The molecule has 8 heteroatoms. The maximum absolute atomic E-state index is 13.3. The van der Waals surface area contributed by atoms with Crippen LogP contribution in [0, 0.1) is 0 Å². The van der Waals surface area contributed by atoms with Gasteiger partial charge in [-0.15, -0.1) is 11.3 Å². The van der Waals surface area contributed by atoms with Crippen LogP contribution < -0.4 is 10.6 Å². The van der Waals surface area contributed by atoms with Gasteiger partial charge in [-0.05, 0) is 54.1 Å². The lowest BCUT2D eigenvalue weighted by molar-refractivity contribution is -0.121. The quantitative estimate of drug-likeness (QED) is 0.665. The van der Waals surface area contributed by atoms with Crippen molar-refractivity contribution in [2.45, 2.75) is 24.9 Å². The Bertz CT molecular complexity index is 1170. The first-order chi connectivity index (χ1) is 15.0. The molecule has 2 aliphatic heterocycles. The number of hydrogen-bond donors (Lipinski definition) is 2. The molecule has 1 saturated heterocycles. The van der Waals surface area contributed by atoms with Crippen LogP contribution in [0.25, 0.3) is 10.4 Å². The number of thiophene rings is 1. The fourth-order valence-electron chi connectivity index (χ4n) is 4.34. The van der Waals surface area contributed by atoms with E-state index < -0.39 is 6.04 Å². The molecule has 2 atom stereocenters. The lowest BCUT2D eigenvalue weighted by Gasteiger charge is -2.37. The van der Waals surface area contributed by atoms with E-state index in [1.54, 1.807) is 32.9 Å². The van der Waals surface area contributed by atoms with E-state index in [0.29, 0.717) is 36.3 Å². The van der Waals surface area contributed by atoms with Crippen molar-refractivity contribution in [2.75, 3.05) is 11.9 Å². The number of amides is 3. The molecule has 0 spiro atoms. The number of carbonyl (C=O) groups is 3. The number of nitrogens with one attached hydrogen (secondary N) is 2. The second kappa shape index (κ2) is 7.70. The lowest BCUT2D eigenvalue weighted by Crippen LogP contribution is -2.55. The van der Waals surface area contributed by atoms with Crippen molar-refractivity contribution in [3.8, 4) is 10.4 Å². The second-order valence-corrected chi connectivity index (χ2v) is 8.89. The molecule has 3 amide bonds. The predicted octanol–water partition coefficient (Wildman–Crippen LogP) is 3.11. The van der Waals surface area contributed by atoms with Crippen LogP contribution in [-0.4, -0.2) is 45.8 Å². The van der Waals surface area contributed by atoms with Crippen LogP contribution in [0.5, 0.6) is 0 Å². The minimum Gasteiger partial charge on any atom is -0.348 e. The van der Waals surface area contributed by atoms with Gasteiger partial charge in [-0.3, -0.25) is 14.4 Å². The molecule has 1 fully saturated rings. The molecule has 0 saturated carbocycles. The zero-order chi connectivity index (χ0) is 21.5. The summed E-state index contributed by atoms with van der Waals surface area (Å²) >= 11 is 1.61. The van der Waals surface area contributed by atoms with E-state index in [1.807, 2.05) is 49.0 Å². The van der Waals surface area contributed by atoms with Crippen molar-refractivity contribution in [1.29, 1.82) is 0 Å². The highest BCUT2D eigenvalue weighted by Crippen LogP contribution is 2.33. The molecule has 31 heavy (non-hydrogen) atoms. The molecule has 0 unspecified atom stereocenters. The van der Waals surface area contributed by atoms with E-state index >= 15 is 0 Å². The van der Waals surface area contributed by atoms with Gasteiger partial charge in [-0.25, -0.2) is 0 Å². The number of fused-ring (bicyclic) bond motifs is 2. The Hall–Kier alpha value is -3.39. The average molecular weight is 435 g/mol. The molecule has 0 aliphatic carbocycles. The number of aromatic nitrogens is 1. The summed E-state index contributed by atoms with van der Waals surface area (Å²) < 4.78 is 1.76. The van der Waals surface area contributed by atoms with Gasteiger partial charge in [0, 0.05) is 30.7 Å². The standard InChI is InChI=1S/C23H22N4O3S/c1-26-9-2-4-18(26)21(28)24-15-8-10-27-19(13-15)22(29)25-17-7-6-14(12-16(17)23(27)30)20-5-3-11-31-20/h2-7,9,11-12,15,19H,8,10,13H2,1H3,(H,24,28)(H,25,29)/t15-,19-/m0/s1. The number of anilines is 1. The molecule has 5 rings (SSSR count). The number of hydrogen-bond acceptors (Lipinski definition) is 4. The second-order valence-electron chi connectivity index (χ2n) is 7.94. The summed E-state index contributed by atoms with van der Waals surface area (Å²) in [6, 6.07) is 12.3. The Balaban J connectivity index is 1.37. The summed E-state index contributed by atoms with van der Waals surface area (Å²) in [5.41, 5.74) is 2.57. The topological polar surface area (TPSA) is 83.4 Å². The zero-order valence-electron chi connectivity index (χ0n) is 17.0. The highest BCUT2D eigenvalue weighted by atomic mass is 32.1. The predicted molar refractivity (Wildman–Crippen MR) is 119 cm³/mol. The van der Waals surface area contributed by atoms with Crippen molar-refractivity contribution in [3.05, 3.63) is 65.3 Å². The number of rotatable bonds is 3. The Morgan fingerprint density at radius 2 is 2.06 bits per heavy atom. The number of benzene rings is 1. The third kappa shape index (κ3) is 3.53. The van der Waals surface area contributed by atoms with Crippen molar-refractivity contribution in [3.63, 3.8) is 0 Å². The maximum atomic E-state index is 13.3. The molecule has 7 nitrogen and oxygen atoms in total. The summed E-state index contributed by atoms with van der Waals surface area (Å²) in [6.07, 6.45) is 2.81. The van der Waals surface area contributed by atoms with E-state index in [-0.39, 0.29) is 23.8 Å². The van der Waals surface area contributed by atoms with Crippen LogP contribution in [-0.2, 0) is 11.8 Å². The van der Waals surface area contributed by atoms with Crippen LogP contribution in [0.15, 0.2) is 54.0 Å². The highest BCUT2D eigenvalue weighted by molar-refractivity contribution is 7.13. The summed E-state index contributed by atoms with van der Waals surface area (Å²) in [5, 5.41) is 7.94. The summed E-state index contributed by atoms with van der Waals surface area (Å²) in [6.45, 7) is 0.414. The molecule has 2 aliphatic rings. The van der Waals surface area contributed by atoms with Crippen LogP contribution in [0.1, 0.15) is 33.7 Å². The first-order valence-corrected chi connectivity index (χ1v) is 11.1. The molecule has 1 aromatic carbocycles. The maximum Gasteiger partial charge on any atom is 0.268 e. The van der Waals surface area contributed by atoms with Crippen molar-refractivity contribution < 1.29 is 14.4 Å². The van der Waals surface area contributed by atoms with Crippen LogP contribution in [0.2, 0.25) is 0 Å². The van der Waals surface area contributed by atoms with Crippen molar-refractivity contribution in [2.24, 2.45) is 7.05 Å². The van der Waals surface area contributed by atoms with Gasteiger partial charge < -0.3 is 20.1 Å². The number of carbonyl (C=O) groups excluding carboxylic acids is 3. The van der Waals surface area contributed by atoms with Gasteiger partial charge >= 0.3 is 0 Å². The minimum atomic E-state index is -0.613. The minimum absolute atomic E-state index is 0.149.